The van der Waals surface area contributed by atoms with Gasteiger partial charge in [0.15, 0.2) is 11.6 Å². The predicted molar refractivity (Wildman–Crippen MR) is 120 cm³/mol. The van der Waals surface area contributed by atoms with Crippen LogP contribution in [-0.2, 0) is 13.0 Å². The normalized spacial score (nSPS) is 13.5. The van der Waals surface area contributed by atoms with E-state index < -0.39 is 0 Å². The number of amides is 1. The molecule has 1 N–H and O–H groups in total. The fourth-order valence-corrected chi connectivity index (χ4v) is 3.95. The van der Waals surface area contributed by atoms with Crippen molar-refractivity contribution < 1.29 is 9.21 Å². The summed E-state index contributed by atoms with van der Waals surface area (Å²) in [4.78, 5) is 12.6. The summed E-state index contributed by atoms with van der Waals surface area (Å²) in [7, 11) is 0. The van der Waals surface area contributed by atoms with Gasteiger partial charge in [-0.25, -0.2) is 0 Å². The molecule has 0 radical (unpaired) electrons. The lowest BCUT2D eigenvalue weighted by atomic mass is 10.2. The highest BCUT2D eigenvalue weighted by Gasteiger charge is 2.17. The third-order valence-electron chi connectivity index (χ3n) is 5.47. The minimum absolute atomic E-state index is 0.247. The quantitative estimate of drug-likeness (QED) is 0.439. The van der Waals surface area contributed by atoms with Crippen LogP contribution in [0.15, 0.2) is 65.1 Å². The van der Waals surface area contributed by atoms with Crippen molar-refractivity contribution in [2.75, 3.05) is 5.32 Å². The van der Waals surface area contributed by atoms with Crippen molar-refractivity contribution in [2.45, 2.75) is 32.2 Å². The molecule has 6 nitrogen and oxygen atoms in total. The third kappa shape index (κ3) is 4.11. The van der Waals surface area contributed by atoms with Gasteiger partial charge < -0.3 is 14.3 Å². The average molecular weight is 433 g/mol. The van der Waals surface area contributed by atoms with E-state index in [2.05, 4.69) is 20.1 Å². The number of hydrogen-bond acceptors (Lipinski definition) is 4. The van der Waals surface area contributed by atoms with Crippen LogP contribution < -0.4 is 5.32 Å². The number of rotatable bonds is 4. The summed E-state index contributed by atoms with van der Waals surface area (Å²) < 4.78 is 7.93. The topological polar surface area (TPSA) is 73.0 Å². The molecule has 2 aromatic carbocycles. The molecule has 1 aliphatic rings. The molecular formula is C24H21ClN4O2. The van der Waals surface area contributed by atoms with E-state index in [0.29, 0.717) is 16.5 Å². The van der Waals surface area contributed by atoms with Crippen molar-refractivity contribution in [2.24, 2.45) is 0 Å². The van der Waals surface area contributed by atoms with Crippen molar-refractivity contribution in [3.63, 3.8) is 0 Å². The van der Waals surface area contributed by atoms with E-state index in [-0.39, 0.29) is 11.7 Å². The van der Waals surface area contributed by atoms with E-state index in [9.17, 15) is 4.79 Å². The number of carbonyl (C=O) groups excluding carboxylic acids is 1. The number of nitrogens with one attached hydrogen (secondary N) is 1. The first-order valence-electron chi connectivity index (χ1n) is 10.4. The highest BCUT2D eigenvalue weighted by molar-refractivity contribution is 6.30. The van der Waals surface area contributed by atoms with E-state index in [1.54, 1.807) is 24.3 Å². The fourth-order valence-electron chi connectivity index (χ4n) is 3.82. The number of benzene rings is 2. The van der Waals surface area contributed by atoms with Crippen molar-refractivity contribution in [3.05, 3.63) is 77.3 Å². The van der Waals surface area contributed by atoms with Crippen LogP contribution in [0, 0.1) is 0 Å². The Morgan fingerprint density at radius 1 is 0.903 bits per heavy atom. The number of halogens is 1. The molecule has 7 heteroatoms. The number of hydrogen-bond donors (Lipinski definition) is 1. The van der Waals surface area contributed by atoms with Gasteiger partial charge in [-0.05, 0) is 73.5 Å². The maximum Gasteiger partial charge on any atom is 0.291 e. The van der Waals surface area contributed by atoms with E-state index in [4.69, 9.17) is 16.0 Å². The second kappa shape index (κ2) is 8.40. The zero-order valence-corrected chi connectivity index (χ0v) is 17.6. The lowest BCUT2D eigenvalue weighted by Crippen LogP contribution is -2.10. The number of fused-ring (bicyclic) bond motifs is 1. The van der Waals surface area contributed by atoms with Gasteiger partial charge in [0.25, 0.3) is 5.91 Å². The van der Waals surface area contributed by atoms with Crippen LogP contribution in [-0.4, -0.2) is 20.7 Å². The van der Waals surface area contributed by atoms with Gasteiger partial charge in [-0.2, -0.15) is 0 Å². The maximum atomic E-state index is 12.6. The van der Waals surface area contributed by atoms with E-state index in [1.165, 1.54) is 6.42 Å². The molecule has 0 saturated carbocycles. The first-order chi connectivity index (χ1) is 15.2. The van der Waals surface area contributed by atoms with Crippen LogP contribution in [0.3, 0.4) is 0 Å². The van der Waals surface area contributed by atoms with Crippen molar-refractivity contribution >= 4 is 23.2 Å². The first kappa shape index (κ1) is 19.6. The van der Waals surface area contributed by atoms with Crippen LogP contribution in [0.4, 0.5) is 5.69 Å². The zero-order valence-electron chi connectivity index (χ0n) is 16.8. The Morgan fingerprint density at radius 2 is 1.68 bits per heavy atom. The smallest absolute Gasteiger partial charge is 0.291 e. The number of carbonyl (C=O) groups is 1. The number of anilines is 1. The molecule has 1 amide bonds. The number of aryl methyl sites for hydroxylation is 1. The third-order valence-corrected chi connectivity index (χ3v) is 5.72. The van der Waals surface area contributed by atoms with Gasteiger partial charge in [-0.1, -0.05) is 18.0 Å². The maximum absolute atomic E-state index is 12.6. The zero-order chi connectivity index (χ0) is 21.2. The Kier molecular flexibility index (Phi) is 5.30. The summed E-state index contributed by atoms with van der Waals surface area (Å²) in [5.41, 5.74) is 2.54. The molecular weight excluding hydrogens is 412 g/mol. The Hall–Kier alpha value is -3.38. The number of furan rings is 1. The van der Waals surface area contributed by atoms with Crippen LogP contribution in [0.25, 0.3) is 22.7 Å². The number of nitrogens with zero attached hydrogens (tertiary/aromatic N) is 3. The standard InChI is InChI=1S/C24H21ClN4O2/c25-18-9-5-16(6-10-18)20-13-14-21(31-20)24(30)26-19-11-7-17(8-12-19)23-28-27-22-4-2-1-3-15-29(22)23/h5-14H,1-4,15H2,(H,26,30). The van der Waals surface area contributed by atoms with E-state index in [1.807, 2.05) is 36.4 Å². The molecule has 5 rings (SSSR count). The largest absolute Gasteiger partial charge is 0.451 e. The predicted octanol–water partition coefficient (Wildman–Crippen LogP) is 5.84. The summed E-state index contributed by atoms with van der Waals surface area (Å²) in [6.07, 6.45) is 4.51. The average Bonchev–Trinajstić information content (AvgIpc) is 3.37. The molecule has 0 saturated heterocycles. The molecule has 156 valence electrons. The van der Waals surface area contributed by atoms with Gasteiger partial charge in [-0.3, -0.25) is 4.79 Å². The minimum atomic E-state index is -0.302. The SMILES string of the molecule is O=C(Nc1ccc(-c2nnc3n2CCCCC3)cc1)c1ccc(-c2ccc(Cl)cc2)o1. The summed E-state index contributed by atoms with van der Waals surface area (Å²) in [6, 6.07) is 18.4. The van der Waals surface area contributed by atoms with Crippen molar-refractivity contribution in [1.82, 2.24) is 14.8 Å². The van der Waals surface area contributed by atoms with Gasteiger partial charge >= 0.3 is 0 Å². The monoisotopic (exact) mass is 432 g/mol. The Bertz CT molecular complexity index is 1210. The van der Waals surface area contributed by atoms with E-state index >= 15 is 0 Å². The first-order valence-corrected chi connectivity index (χ1v) is 10.7. The molecule has 0 aliphatic carbocycles. The number of aromatic nitrogens is 3. The highest BCUT2D eigenvalue weighted by atomic mass is 35.5. The van der Waals surface area contributed by atoms with Crippen LogP contribution in [0.5, 0.6) is 0 Å². The second-order valence-electron chi connectivity index (χ2n) is 7.60. The molecule has 31 heavy (non-hydrogen) atoms. The lowest BCUT2D eigenvalue weighted by Gasteiger charge is -2.08. The molecule has 3 heterocycles. The summed E-state index contributed by atoms with van der Waals surface area (Å²) in [6.45, 7) is 0.949. The van der Waals surface area contributed by atoms with Gasteiger partial charge in [0, 0.05) is 34.8 Å². The molecule has 4 aromatic rings. The molecule has 2 aromatic heterocycles. The fraction of sp³-hybridized carbons (Fsp3) is 0.208. The Labute approximate surface area is 184 Å². The van der Waals surface area contributed by atoms with Crippen molar-refractivity contribution in [1.29, 1.82) is 0 Å². The van der Waals surface area contributed by atoms with Gasteiger partial charge in [-0.15, -0.1) is 10.2 Å². The van der Waals surface area contributed by atoms with Crippen molar-refractivity contribution in [3.8, 4) is 22.7 Å². The van der Waals surface area contributed by atoms with Crippen LogP contribution in [0.1, 0.15) is 35.6 Å². The second-order valence-corrected chi connectivity index (χ2v) is 8.04. The summed E-state index contributed by atoms with van der Waals surface area (Å²) >= 11 is 5.93. The van der Waals surface area contributed by atoms with Crippen LogP contribution >= 0.6 is 11.6 Å². The lowest BCUT2D eigenvalue weighted by molar-refractivity contribution is 0.0997. The molecule has 0 unspecified atom stereocenters. The highest BCUT2D eigenvalue weighted by Crippen LogP contribution is 2.26. The van der Waals surface area contributed by atoms with Gasteiger partial charge in [0.2, 0.25) is 0 Å². The summed E-state index contributed by atoms with van der Waals surface area (Å²) in [5.74, 6) is 2.50. The molecule has 0 spiro atoms. The summed E-state index contributed by atoms with van der Waals surface area (Å²) in [5, 5.41) is 12.3. The minimum Gasteiger partial charge on any atom is -0.451 e. The van der Waals surface area contributed by atoms with Gasteiger partial charge in [0.05, 0.1) is 0 Å². The molecule has 1 aliphatic heterocycles. The molecule has 0 fully saturated rings. The van der Waals surface area contributed by atoms with E-state index in [0.717, 1.165) is 48.6 Å². The van der Waals surface area contributed by atoms with Gasteiger partial charge in [0.1, 0.15) is 11.6 Å². The molecule has 0 atom stereocenters. The van der Waals surface area contributed by atoms with Crippen LogP contribution in [0.2, 0.25) is 5.02 Å². The Morgan fingerprint density at radius 3 is 2.48 bits per heavy atom. The Balaban J connectivity index is 1.30. The molecule has 0 bridgehead atoms.